The number of carbonyl (C=O) groups is 1. The Morgan fingerprint density at radius 3 is 2.48 bits per heavy atom. The van der Waals surface area contributed by atoms with Crippen molar-refractivity contribution in [2.75, 3.05) is 5.32 Å². The van der Waals surface area contributed by atoms with Gasteiger partial charge in [-0.1, -0.05) is 35.9 Å². The van der Waals surface area contributed by atoms with Crippen molar-refractivity contribution in [1.29, 1.82) is 0 Å². The van der Waals surface area contributed by atoms with Crippen LogP contribution in [0.25, 0.3) is 0 Å². The van der Waals surface area contributed by atoms with Gasteiger partial charge in [0.05, 0.1) is 11.3 Å². The maximum absolute atomic E-state index is 13.0. The Morgan fingerprint density at radius 2 is 1.79 bits per heavy atom. The Labute approximate surface area is 175 Å². The number of halogens is 2. The minimum Gasteiger partial charge on any atom is -0.489 e. The van der Waals surface area contributed by atoms with Crippen LogP contribution in [0.3, 0.4) is 0 Å². The molecule has 29 heavy (non-hydrogen) atoms. The highest BCUT2D eigenvalue weighted by Gasteiger charge is 2.12. The van der Waals surface area contributed by atoms with E-state index in [1.165, 1.54) is 24.3 Å². The van der Waals surface area contributed by atoms with E-state index in [0.717, 1.165) is 0 Å². The zero-order chi connectivity index (χ0) is 20.8. The van der Waals surface area contributed by atoms with E-state index in [1.807, 2.05) is 0 Å². The Morgan fingerprint density at radius 1 is 1.07 bits per heavy atom. The highest BCUT2D eigenvalue weighted by molar-refractivity contribution is 7.82. The predicted molar refractivity (Wildman–Crippen MR) is 112 cm³/mol. The molecule has 5 nitrogen and oxygen atoms in total. The second-order valence-electron chi connectivity index (χ2n) is 6.18. The fourth-order valence-corrected chi connectivity index (χ4v) is 3.48. The molecule has 3 aromatic rings. The molecule has 0 fully saturated rings. The van der Waals surface area contributed by atoms with Crippen LogP contribution in [0, 0.1) is 5.82 Å². The Kier molecular flexibility index (Phi) is 6.98. The van der Waals surface area contributed by atoms with Crippen LogP contribution in [0.15, 0.2) is 71.6 Å². The first-order valence-corrected chi connectivity index (χ1v) is 10.2. The normalized spacial score (nSPS) is 11.7. The number of hydrogen-bond donors (Lipinski definition) is 2. The van der Waals surface area contributed by atoms with Crippen LogP contribution < -0.4 is 15.2 Å². The first-order valence-electron chi connectivity index (χ1n) is 8.63. The van der Waals surface area contributed by atoms with Gasteiger partial charge in [-0.3, -0.25) is 4.79 Å². The molecule has 3 rings (SSSR count). The maximum atomic E-state index is 13.0. The molecule has 0 aliphatic carbocycles. The standard InChI is InChI=1S/C21H18ClFN2O3S/c22-19-4-2-1-3-14(19)11-21(26)25-17-8-5-15(20(12-17)29(24)27)13-28-18-9-6-16(23)7-10-18/h1-10,12H,11,13,24H2,(H,25,26). The first-order chi connectivity index (χ1) is 13.9. The topological polar surface area (TPSA) is 81.4 Å². The van der Waals surface area contributed by atoms with Crippen molar-refractivity contribution < 1.29 is 18.1 Å². The summed E-state index contributed by atoms with van der Waals surface area (Å²) in [6.45, 7) is 0.0950. The largest absolute Gasteiger partial charge is 0.489 e. The van der Waals surface area contributed by atoms with Crippen molar-refractivity contribution in [2.45, 2.75) is 17.9 Å². The first kappa shape index (κ1) is 21.0. The number of benzene rings is 3. The SMILES string of the molecule is NS(=O)c1cc(NC(=O)Cc2ccccc2Cl)ccc1COc1ccc(F)cc1. The van der Waals surface area contributed by atoms with Gasteiger partial charge < -0.3 is 10.1 Å². The van der Waals surface area contributed by atoms with Crippen molar-refractivity contribution in [1.82, 2.24) is 0 Å². The number of nitrogens with one attached hydrogen (secondary N) is 1. The smallest absolute Gasteiger partial charge is 0.228 e. The summed E-state index contributed by atoms with van der Waals surface area (Å²) in [5.41, 5.74) is 1.76. The highest BCUT2D eigenvalue weighted by Crippen LogP contribution is 2.22. The number of anilines is 1. The van der Waals surface area contributed by atoms with Gasteiger partial charge in [0.15, 0.2) is 0 Å². The molecule has 1 atom stereocenters. The molecule has 3 aromatic carbocycles. The molecule has 1 unspecified atom stereocenters. The molecule has 0 bridgehead atoms. The average molecular weight is 433 g/mol. The zero-order valence-electron chi connectivity index (χ0n) is 15.2. The number of amides is 1. The Hall–Kier alpha value is -2.74. The Balaban J connectivity index is 1.70. The number of carbonyl (C=O) groups excluding carboxylic acids is 1. The number of hydrogen-bond acceptors (Lipinski definition) is 3. The van der Waals surface area contributed by atoms with Crippen LogP contribution >= 0.6 is 11.6 Å². The predicted octanol–water partition coefficient (Wildman–Crippen LogP) is 4.22. The molecule has 150 valence electrons. The second-order valence-corrected chi connectivity index (χ2v) is 7.62. The van der Waals surface area contributed by atoms with Gasteiger partial charge in [-0.15, -0.1) is 0 Å². The van der Waals surface area contributed by atoms with E-state index in [0.29, 0.717) is 32.5 Å². The van der Waals surface area contributed by atoms with E-state index in [1.54, 1.807) is 42.5 Å². The summed E-state index contributed by atoms with van der Waals surface area (Å²) >= 11 is 6.08. The lowest BCUT2D eigenvalue weighted by molar-refractivity contribution is -0.115. The summed E-state index contributed by atoms with van der Waals surface area (Å²) in [5.74, 6) is -0.155. The van der Waals surface area contributed by atoms with Crippen LogP contribution in [0.5, 0.6) is 5.75 Å². The molecule has 0 radical (unpaired) electrons. The third kappa shape index (κ3) is 5.87. The summed E-state index contributed by atoms with van der Waals surface area (Å²) in [6.07, 6.45) is 0.107. The molecule has 0 aliphatic rings. The van der Waals surface area contributed by atoms with Crippen molar-refractivity contribution in [2.24, 2.45) is 5.14 Å². The fraction of sp³-hybridized carbons (Fsp3) is 0.0952. The molecule has 8 heteroatoms. The van der Waals surface area contributed by atoms with Crippen molar-refractivity contribution in [3.05, 3.63) is 88.7 Å². The van der Waals surface area contributed by atoms with Gasteiger partial charge in [0.25, 0.3) is 0 Å². The molecule has 0 saturated carbocycles. The van der Waals surface area contributed by atoms with E-state index < -0.39 is 11.0 Å². The average Bonchev–Trinajstić information content (AvgIpc) is 2.70. The van der Waals surface area contributed by atoms with Crippen molar-refractivity contribution in [3.8, 4) is 5.75 Å². The molecule has 3 N–H and O–H groups in total. The summed E-state index contributed by atoms with van der Waals surface area (Å²) in [4.78, 5) is 12.6. The summed E-state index contributed by atoms with van der Waals surface area (Å²) in [5, 5.41) is 8.85. The van der Waals surface area contributed by atoms with Crippen LogP contribution in [0.1, 0.15) is 11.1 Å². The third-order valence-electron chi connectivity index (χ3n) is 4.08. The van der Waals surface area contributed by atoms with Gasteiger partial charge >= 0.3 is 0 Å². The molecular formula is C21H18ClFN2O3S. The summed E-state index contributed by atoms with van der Waals surface area (Å²) in [6, 6.07) is 17.6. The Bertz CT molecular complexity index is 1040. The molecule has 1 amide bonds. The van der Waals surface area contributed by atoms with Crippen molar-refractivity contribution in [3.63, 3.8) is 0 Å². The molecule has 0 spiro atoms. The molecule has 0 heterocycles. The van der Waals surface area contributed by atoms with E-state index in [-0.39, 0.29) is 24.8 Å². The minimum atomic E-state index is -1.78. The van der Waals surface area contributed by atoms with E-state index >= 15 is 0 Å². The maximum Gasteiger partial charge on any atom is 0.228 e. The molecule has 0 saturated heterocycles. The van der Waals surface area contributed by atoms with Gasteiger partial charge in [-0.05, 0) is 48.0 Å². The van der Waals surface area contributed by atoms with Gasteiger partial charge in [0.1, 0.15) is 29.2 Å². The number of rotatable bonds is 7. The molecule has 0 aromatic heterocycles. The molecular weight excluding hydrogens is 415 g/mol. The van der Waals surface area contributed by atoms with Gasteiger partial charge in [-0.25, -0.2) is 13.7 Å². The summed E-state index contributed by atoms with van der Waals surface area (Å²) in [7, 11) is -1.78. The monoisotopic (exact) mass is 432 g/mol. The lowest BCUT2D eigenvalue weighted by Crippen LogP contribution is -2.16. The number of ether oxygens (including phenoxy) is 1. The van der Waals surface area contributed by atoms with Crippen LogP contribution in [-0.4, -0.2) is 10.1 Å². The van der Waals surface area contributed by atoms with Gasteiger partial charge in [-0.2, -0.15) is 0 Å². The van der Waals surface area contributed by atoms with E-state index in [4.69, 9.17) is 21.5 Å². The van der Waals surface area contributed by atoms with Crippen LogP contribution in [0.2, 0.25) is 5.02 Å². The summed E-state index contributed by atoms with van der Waals surface area (Å²) < 4.78 is 30.5. The minimum absolute atomic E-state index is 0.0950. The lowest BCUT2D eigenvalue weighted by Gasteiger charge is -2.12. The van der Waals surface area contributed by atoms with E-state index in [2.05, 4.69) is 5.32 Å². The third-order valence-corrected chi connectivity index (χ3v) is 5.27. The van der Waals surface area contributed by atoms with Crippen LogP contribution in [0.4, 0.5) is 10.1 Å². The van der Waals surface area contributed by atoms with Crippen molar-refractivity contribution >= 4 is 34.2 Å². The molecule has 0 aliphatic heterocycles. The van der Waals surface area contributed by atoms with E-state index in [9.17, 15) is 13.4 Å². The second kappa shape index (κ2) is 9.65. The zero-order valence-corrected chi connectivity index (χ0v) is 16.8. The van der Waals surface area contributed by atoms with Gasteiger partial charge in [0.2, 0.25) is 5.91 Å². The fourth-order valence-electron chi connectivity index (χ4n) is 2.65. The lowest BCUT2D eigenvalue weighted by atomic mass is 10.1. The quantitative estimate of drug-likeness (QED) is 0.586. The van der Waals surface area contributed by atoms with Gasteiger partial charge in [0, 0.05) is 16.3 Å². The van der Waals surface area contributed by atoms with Crippen LogP contribution in [-0.2, 0) is 28.8 Å². The highest BCUT2D eigenvalue weighted by atomic mass is 35.5. The number of nitrogens with two attached hydrogens (primary N) is 1.